The molecule has 0 aliphatic heterocycles. The van der Waals surface area contributed by atoms with Crippen molar-refractivity contribution in [2.75, 3.05) is 12.1 Å². The number of rotatable bonds is 12. The lowest BCUT2D eigenvalue weighted by Gasteiger charge is -2.33. The molecule has 0 aliphatic carbocycles. The number of alkyl halides is 6. The minimum absolute atomic E-state index is 0.0403. The second-order valence-corrected chi connectivity index (χ2v) is 11.7. The average Bonchev–Trinajstić information content (AvgIpc) is 3.24. The quantitative estimate of drug-likeness (QED) is 0.171. The van der Waals surface area contributed by atoms with Gasteiger partial charge in [-0.2, -0.15) is 13.2 Å². The summed E-state index contributed by atoms with van der Waals surface area (Å²) in [6.07, 6.45) is -9.31. The standard InChI is InChI=1S/C22H26F6N7O5P/c1-12(8-35-10-32-15-17(29)30-9-31-18(15)35)39-11-41(38,34-20(2,3)19(36)37)33-16(21(23,24)25)13-4-6-14(7-5-13)40-22(26,27)28/h4-7,9-10,12,16H,8,11H2,1-3H3,(H,36,37)(H2,29,30,31)(H2,33,34,38)/t12?,16-,41?/m1/s1. The Kier molecular flexibility index (Phi) is 9.22. The summed E-state index contributed by atoms with van der Waals surface area (Å²) in [6.45, 7) is 3.73. The molecule has 0 saturated heterocycles. The molecule has 2 heterocycles. The summed E-state index contributed by atoms with van der Waals surface area (Å²) in [4.78, 5) is 23.7. The Morgan fingerprint density at radius 1 is 1.12 bits per heavy atom. The number of ether oxygens (including phenoxy) is 2. The molecule has 2 unspecified atom stereocenters. The molecule has 2 aromatic heterocycles. The van der Waals surface area contributed by atoms with Crippen molar-refractivity contribution in [2.45, 2.75) is 57.5 Å². The third kappa shape index (κ3) is 8.51. The maximum atomic E-state index is 14.1. The summed E-state index contributed by atoms with van der Waals surface area (Å²) < 4.78 is 104. The Bertz CT molecular complexity index is 1410. The molecule has 19 heteroatoms. The van der Waals surface area contributed by atoms with Crippen LogP contribution in [0.4, 0.5) is 32.2 Å². The Balaban J connectivity index is 1.86. The molecular formula is C22H26F6N7O5P. The van der Waals surface area contributed by atoms with Crippen molar-refractivity contribution in [3.05, 3.63) is 42.5 Å². The van der Waals surface area contributed by atoms with Gasteiger partial charge in [-0.3, -0.25) is 9.36 Å². The molecule has 0 fully saturated rings. The molecule has 1 aromatic carbocycles. The van der Waals surface area contributed by atoms with Gasteiger partial charge in [0.1, 0.15) is 35.5 Å². The normalized spacial score (nSPS) is 15.8. The van der Waals surface area contributed by atoms with Gasteiger partial charge in [-0.1, -0.05) is 12.1 Å². The predicted octanol–water partition coefficient (Wildman–Crippen LogP) is 4.21. The summed E-state index contributed by atoms with van der Waals surface area (Å²) in [7, 11) is -4.56. The van der Waals surface area contributed by atoms with Gasteiger partial charge in [0, 0.05) is 0 Å². The number of hydrogen-bond donors (Lipinski definition) is 4. The monoisotopic (exact) mass is 613 g/mol. The third-order valence-corrected chi connectivity index (χ3v) is 7.64. The van der Waals surface area contributed by atoms with Gasteiger partial charge in [0.25, 0.3) is 0 Å². The van der Waals surface area contributed by atoms with Crippen LogP contribution in [0.15, 0.2) is 36.9 Å². The highest BCUT2D eigenvalue weighted by Crippen LogP contribution is 2.46. The van der Waals surface area contributed by atoms with E-state index in [9.17, 15) is 40.8 Å². The van der Waals surface area contributed by atoms with Crippen molar-refractivity contribution in [1.82, 2.24) is 29.7 Å². The van der Waals surface area contributed by atoms with Crippen molar-refractivity contribution < 1.29 is 50.3 Å². The number of benzene rings is 1. The van der Waals surface area contributed by atoms with E-state index in [2.05, 4.69) is 24.8 Å². The largest absolute Gasteiger partial charge is 0.573 e. The highest BCUT2D eigenvalue weighted by molar-refractivity contribution is 7.59. The molecule has 5 N–H and O–H groups in total. The minimum Gasteiger partial charge on any atom is -0.480 e. The molecule has 3 rings (SSSR count). The lowest BCUT2D eigenvalue weighted by molar-refractivity contribution is -0.274. The number of halogens is 6. The number of anilines is 1. The smallest absolute Gasteiger partial charge is 0.480 e. The predicted molar refractivity (Wildman–Crippen MR) is 133 cm³/mol. The average molecular weight is 613 g/mol. The van der Waals surface area contributed by atoms with E-state index in [-0.39, 0.29) is 12.4 Å². The number of carboxylic acid groups (broad SMARTS) is 1. The van der Waals surface area contributed by atoms with Gasteiger partial charge >= 0.3 is 18.5 Å². The Morgan fingerprint density at radius 2 is 1.76 bits per heavy atom. The van der Waals surface area contributed by atoms with Crippen LogP contribution in [0.1, 0.15) is 32.4 Å². The second kappa shape index (κ2) is 11.8. The lowest BCUT2D eigenvalue weighted by Crippen LogP contribution is -2.49. The van der Waals surface area contributed by atoms with Crippen molar-refractivity contribution in [2.24, 2.45) is 0 Å². The molecule has 0 saturated carbocycles. The van der Waals surface area contributed by atoms with Gasteiger partial charge in [0.05, 0.1) is 19.0 Å². The Labute approximate surface area is 228 Å². The molecule has 0 amide bonds. The van der Waals surface area contributed by atoms with Gasteiger partial charge in [0.15, 0.2) is 11.5 Å². The first-order valence-corrected chi connectivity index (χ1v) is 13.5. The second-order valence-electron chi connectivity index (χ2n) is 9.44. The maximum absolute atomic E-state index is 14.1. The molecule has 0 spiro atoms. The van der Waals surface area contributed by atoms with E-state index in [1.165, 1.54) is 24.1 Å². The van der Waals surface area contributed by atoms with E-state index in [1.807, 2.05) is 5.09 Å². The molecule has 41 heavy (non-hydrogen) atoms. The van der Waals surface area contributed by atoms with Crippen molar-refractivity contribution >= 4 is 30.4 Å². The number of carbonyl (C=O) groups is 1. The van der Waals surface area contributed by atoms with Crippen LogP contribution in [0.25, 0.3) is 11.2 Å². The number of aliphatic carboxylic acids is 1. The topological polar surface area (TPSA) is 167 Å². The number of nitrogens with zero attached hydrogens (tertiary/aromatic N) is 4. The molecule has 3 aromatic rings. The molecule has 0 radical (unpaired) electrons. The van der Waals surface area contributed by atoms with E-state index >= 15 is 0 Å². The molecule has 0 aliphatic rings. The van der Waals surface area contributed by atoms with Crippen LogP contribution in [0.3, 0.4) is 0 Å². The van der Waals surface area contributed by atoms with Gasteiger partial charge in [-0.25, -0.2) is 25.1 Å². The molecule has 226 valence electrons. The summed E-state index contributed by atoms with van der Waals surface area (Å²) in [6, 6.07) is 0.0435. The Morgan fingerprint density at radius 3 is 2.32 bits per heavy atom. The van der Waals surface area contributed by atoms with Crippen molar-refractivity contribution in [3.8, 4) is 5.75 Å². The highest BCUT2D eigenvalue weighted by Gasteiger charge is 2.47. The van der Waals surface area contributed by atoms with Crippen LogP contribution in [0.2, 0.25) is 0 Å². The first-order valence-electron chi connectivity index (χ1n) is 11.6. The maximum Gasteiger partial charge on any atom is 0.573 e. The summed E-state index contributed by atoms with van der Waals surface area (Å²) >= 11 is 0. The van der Waals surface area contributed by atoms with Crippen LogP contribution in [-0.2, 0) is 20.6 Å². The van der Waals surface area contributed by atoms with Crippen LogP contribution < -0.4 is 20.6 Å². The SMILES string of the molecule is CC(Cn1cnc2c(N)ncnc21)OCP(=O)(N[C@H](c1ccc(OC(F)(F)F)cc1)C(F)(F)F)NC(C)(C)C(=O)O. The number of aromatic nitrogens is 4. The van der Waals surface area contributed by atoms with Crippen LogP contribution >= 0.6 is 7.44 Å². The number of fused-ring (bicyclic) bond motifs is 1. The summed E-state index contributed by atoms with van der Waals surface area (Å²) in [5.41, 5.74) is 3.80. The number of nitrogens with two attached hydrogens (primary N) is 1. The number of carboxylic acids is 1. The zero-order valence-electron chi connectivity index (χ0n) is 21.7. The first kappa shape index (κ1) is 32.0. The number of nitrogen functional groups attached to an aromatic ring is 1. The van der Waals surface area contributed by atoms with E-state index < -0.39 is 61.3 Å². The summed E-state index contributed by atoms with van der Waals surface area (Å²) in [5, 5.41) is 13.7. The van der Waals surface area contributed by atoms with Gasteiger partial charge in [-0.05, 0) is 38.5 Å². The van der Waals surface area contributed by atoms with Crippen LogP contribution in [-0.4, -0.2) is 61.1 Å². The van der Waals surface area contributed by atoms with Crippen molar-refractivity contribution in [3.63, 3.8) is 0 Å². The zero-order chi connectivity index (χ0) is 30.8. The molecule has 3 atom stereocenters. The third-order valence-electron chi connectivity index (χ3n) is 5.53. The molecular weight excluding hydrogens is 587 g/mol. The molecule has 0 bridgehead atoms. The van der Waals surface area contributed by atoms with E-state index in [0.29, 0.717) is 35.4 Å². The zero-order valence-corrected chi connectivity index (χ0v) is 22.6. The summed E-state index contributed by atoms with van der Waals surface area (Å²) in [5.74, 6) is -2.18. The van der Waals surface area contributed by atoms with Gasteiger partial charge in [0.2, 0.25) is 7.44 Å². The van der Waals surface area contributed by atoms with Gasteiger partial charge in [-0.15, -0.1) is 13.2 Å². The van der Waals surface area contributed by atoms with E-state index in [1.54, 1.807) is 0 Å². The number of nitrogens with one attached hydrogen (secondary N) is 2. The lowest BCUT2D eigenvalue weighted by atomic mass is 10.1. The fraction of sp³-hybridized carbons (Fsp3) is 0.455. The van der Waals surface area contributed by atoms with E-state index in [0.717, 1.165) is 13.8 Å². The molecule has 12 nitrogen and oxygen atoms in total. The number of hydrogen-bond acceptors (Lipinski definition) is 8. The Hall–Kier alpha value is -3.47. The number of imidazole rings is 1. The first-order chi connectivity index (χ1) is 18.8. The van der Waals surface area contributed by atoms with E-state index in [4.69, 9.17) is 10.5 Å². The van der Waals surface area contributed by atoms with Crippen molar-refractivity contribution in [1.29, 1.82) is 0 Å². The highest BCUT2D eigenvalue weighted by atomic mass is 31.2. The van der Waals surface area contributed by atoms with Crippen LogP contribution in [0, 0.1) is 0 Å². The van der Waals surface area contributed by atoms with Crippen LogP contribution in [0.5, 0.6) is 5.75 Å². The van der Waals surface area contributed by atoms with Gasteiger partial charge < -0.3 is 24.9 Å². The fourth-order valence-electron chi connectivity index (χ4n) is 3.60. The minimum atomic E-state index is -5.11. The fourth-order valence-corrected chi connectivity index (χ4v) is 5.98.